The van der Waals surface area contributed by atoms with Crippen LogP contribution in [0.1, 0.15) is 8.35 Å². The van der Waals surface area contributed by atoms with Crippen LogP contribution in [0.25, 0.3) is 0 Å². The first-order valence-electron chi connectivity index (χ1n) is 1.56. The Morgan fingerprint density at radius 1 is 1.36 bits per heavy atom. The second-order valence-corrected chi connectivity index (χ2v) is 2.15. The topological polar surface area (TPSA) is 109 Å². The molecule has 0 saturated heterocycles. The molecule has 0 spiro atoms. The van der Waals surface area contributed by atoms with Gasteiger partial charge in [0.25, 0.3) is 5.97 Å². The van der Waals surface area contributed by atoms with E-state index in [0.717, 1.165) is 6.92 Å². The molecule has 0 unspecified atom stereocenters. The van der Waals surface area contributed by atoms with Crippen molar-refractivity contribution in [1.29, 1.82) is 0 Å². The van der Waals surface area contributed by atoms with Crippen molar-refractivity contribution in [2.75, 3.05) is 0 Å². The summed E-state index contributed by atoms with van der Waals surface area (Å²) in [7, 11) is 0. The van der Waals surface area contributed by atoms with Crippen LogP contribution in [0.4, 0.5) is 0 Å². The molecule has 64 valence electrons. The molecule has 0 aliphatic carbocycles. The molecule has 0 rings (SSSR count). The molecule has 0 atom stereocenters. The maximum absolute atomic E-state index is 9.00. The summed E-state index contributed by atoms with van der Waals surface area (Å²) in [5.41, 5.74) is 0. The van der Waals surface area contributed by atoms with Crippen LogP contribution in [0.5, 0.6) is 0 Å². The Kier molecular flexibility index (Phi) is 25.0. The minimum absolute atomic E-state index is 0. The van der Waals surface area contributed by atoms with Crippen molar-refractivity contribution in [2.24, 2.45) is 0 Å². The molecular formula is C2H8KMnO6Pb. The second kappa shape index (κ2) is 11.9. The Labute approximate surface area is 129 Å². The molecular weight excluding hydrogens is 421 g/mol. The second-order valence-electron chi connectivity index (χ2n) is 0.915. The van der Waals surface area contributed by atoms with Crippen LogP contribution in [-0.4, -0.2) is 42.6 Å². The third-order valence-electron chi connectivity index (χ3n) is 0. The third-order valence-corrected chi connectivity index (χ3v) is 0. The fraction of sp³-hybridized carbons (Fsp3) is 0.500. The van der Waals surface area contributed by atoms with Crippen molar-refractivity contribution in [3.63, 3.8) is 0 Å². The molecule has 0 aliphatic rings. The molecule has 0 aromatic carbocycles. The van der Waals surface area contributed by atoms with E-state index in [1.165, 1.54) is 0 Å². The summed E-state index contributed by atoms with van der Waals surface area (Å²) in [6, 6.07) is 0. The van der Waals surface area contributed by atoms with Gasteiger partial charge in [-0.3, -0.25) is 4.79 Å². The van der Waals surface area contributed by atoms with Gasteiger partial charge in [0, 0.05) is 6.92 Å². The first-order valence-corrected chi connectivity index (χ1v) is 3.53. The van der Waals surface area contributed by atoms with Crippen molar-refractivity contribution >= 4 is 33.3 Å². The Balaban J connectivity index is -0.0000000221. The van der Waals surface area contributed by atoms with Crippen LogP contribution in [0.15, 0.2) is 0 Å². The van der Waals surface area contributed by atoms with E-state index < -0.39 is 18.9 Å². The normalized spacial score (nSPS) is 7.45. The molecule has 0 aliphatic heterocycles. The van der Waals surface area contributed by atoms with Crippen molar-refractivity contribution in [3.8, 4) is 0 Å². The van der Waals surface area contributed by atoms with E-state index in [1.54, 1.807) is 0 Å². The van der Waals surface area contributed by atoms with Crippen molar-refractivity contribution in [3.05, 3.63) is 0 Å². The van der Waals surface area contributed by atoms with Gasteiger partial charge in [0.15, 0.2) is 0 Å². The molecule has 0 aromatic rings. The van der Waals surface area contributed by atoms with E-state index in [-0.39, 0.29) is 80.1 Å². The van der Waals surface area contributed by atoms with Gasteiger partial charge < -0.3 is 6.53 Å². The first-order chi connectivity index (χ1) is 3.73. The monoisotopic (exact) mass is 430 g/mol. The van der Waals surface area contributed by atoms with Crippen LogP contribution in [-0.2, 0) is 29.3 Å². The Bertz CT molecular complexity index is 211. The van der Waals surface area contributed by atoms with Gasteiger partial charge in [-0.05, 0) is 0 Å². The third kappa shape index (κ3) is 321. The van der Waals surface area contributed by atoms with Crippen LogP contribution in [0.3, 0.4) is 0 Å². The molecule has 0 fully saturated rings. The van der Waals surface area contributed by atoms with Crippen LogP contribution in [0.2, 0.25) is 0 Å². The van der Waals surface area contributed by atoms with Gasteiger partial charge in [-0.25, -0.2) is 0 Å². The van der Waals surface area contributed by atoms with Crippen molar-refractivity contribution in [2.45, 2.75) is 6.92 Å². The summed E-state index contributed by atoms with van der Waals surface area (Å²) in [5, 5.41) is 7.42. The van der Waals surface area contributed by atoms with E-state index in [9.17, 15) is 0 Å². The van der Waals surface area contributed by atoms with Gasteiger partial charge in [0.1, 0.15) is 0 Å². The van der Waals surface area contributed by atoms with E-state index in [1.807, 2.05) is 0 Å². The summed E-state index contributed by atoms with van der Waals surface area (Å²) < 4.78 is 33.1. The number of carbonyl (C=O) groups is 1. The zero-order valence-electron chi connectivity index (χ0n) is 7.11. The van der Waals surface area contributed by atoms with Crippen molar-refractivity contribution < 1.29 is 91.4 Å². The number of aliphatic carboxylic acids is 1. The average molecular weight is 429 g/mol. The number of carboxylic acid groups (broad SMARTS) is 1. The Morgan fingerprint density at radius 3 is 1.36 bits per heavy atom. The zero-order valence-corrected chi connectivity index (χ0v) is 15.9. The fourth-order valence-corrected chi connectivity index (χ4v) is 0. The Hall–Kier alpha value is 1.91. The van der Waals surface area contributed by atoms with E-state index in [4.69, 9.17) is 25.6 Å². The predicted octanol–water partition coefficient (Wildman–Crippen LogP) is -4.62. The number of hydrogen-bond acceptors (Lipinski definition) is 4. The van der Waals surface area contributed by atoms with Crippen LogP contribution in [0, 0.1) is 0 Å². The van der Waals surface area contributed by atoms with Crippen LogP contribution >= 0.6 is 0 Å². The van der Waals surface area contributed by atoms with Gasteiger partial charge in [0.05, 0.1) is 0 Å². The maximum atomic E-state index is 9.00. The minimum atomic E-state index is -5.38. The van der Waals surface area contributed by atoms with Gasteiger partial charge in [-0.15, -0.1) is 0 Å². The molecule has 0 heterocycles. The molecule has 0 saturated carbocycles. The first kappa shape index (κ1) is 23.1. The molecule has 2 N–H and O–H groups in total. The predicted molar refractivity (Wildman–Crippen MR) is 27.2 cm³/mol. The number of carboxylic acids is 1. The quantitative estimate of drug-likeness (QED) is 0.375. The molecule has 2 radical (unpaired) electrons. The summed E-state index contributed by atoms with van der Waals surface area (Å²) in [4.78, 5) is 9.00. The molecule has 0 aromatic heterocycles. The Morgan fingerprint density at radius 2 is 1.36 bits per heavy atom. The van der Waals surface area contributed by atoms with Gasteiger partial charge in [-0.1, -0.05) is 0 Å². The average Bonchev–Trinajstić information content (AvgIpc) is 1.19. The van der Waals surface area contributed by atoms with E-state index in [0.29, 0.717) is 0 Å². The summed E-state index contributed by atoms with van der Waals surface area (Å²) >= 11 is -5.38. The number of hydrogen-bond donors (Lipinski definition) is 2. The van der Waals surface area contributed by atoms with Crippen molar-refractivity contribution in [1.82, 2.24) is 0 Å². The number of rotatable bonds is 0. The van der Waals surface area contributed by atoms with Gasteiger partial charge >= 0.3 is 107 Å². The summed E-state index contributed by atoms with van der Waals surface area (Å²) in [5.74, 6) is -0.833. The SMILES string of the molecule is CC(=O)O.[H-].[K+].[O]=[Mn](=[O])(=[O])[OH].[PbH2]. The molecule has 0 bridgehead atoms. The molecule has 11 heavy (non-hydrogen) atoms. The summed E-state index contributed by atoms with van der Waals surface area (Å²) in [6.07, 6.45) is 0. The van der Waals surface area contributed by atoms with Gasteiger partial charge in [-0.2, -0.15) is 0 Å². The van der Waals surface area contributed by atoms with E-state index in [2.05, 4.69) is 0 Å². The standard InChI is InChI=1S/C2H4O2.K.Mn.H2O.3O.Pb.3H/c1-2(3)4;;;;;;;;;;/h1H3,(H,3,4);;;1H2;;;;;;;/q;2*+1;;;;;;;;-1/p-1. The zero-order chi connectivity index (χ0) is 8.08. The molecule has 9 heteroatoms. The van der Waals surface area contributed by atoms with E-state index >= 15 is 0 Å². The van der Waals surface area contributed by atoms with Crippen LogP contribution < -0.4 is 51.4 Å². The summed E-state index contributed by atoms with van der Waals surface area (Å²) in [6.45, 7) is 1.08. The fourth-order valence-electron chi connectivity index (χ4n) is 0. The molecule has 0 amide bonds. The van der Waals surface area contributed by atoms with Gasteiger partial charge in [0.2, 0.25) is 0 Å². The molecule has 6 nitrogen and oxygen atoms in total.